The van der Waals surface area contributed by atoms with Crippen LogP contribution in [0.4, 0.5) is 28.9 Å². The standard InChI is InChI=1S/C19H17F4N3O/c20-17-2-1-3-18(15(17)11-24)25-12-13-4-5-14(10-16(13)19(21,22)23)26-6-8-27-9-7-26/h1-5,10,25H,6-9,12H2. The number of hydrogen-bond donors (Lipinski definition) is 1. The van der Waals surface area contributed by atoms with Crippen molar-refractivity contribution in [1.29, 1.82) is 5.26 Å². The topological polar surface area (TPSA) is 48.3 Å². The number of nitriles is 1. The van der Waals surface area contributed by atoms with Gasteiger partial charge in [0, 0.05) is 25.3 Å². The molecule has 1 heterocycles. The predicted molar refractivity (Wildman–Crippen MR) is 92.9 cm³/mol. The fourth-order valence-corrected chi connectivity index (χ4v) is 2.98. The monoisotopic (exact) mass is 379 g/mol. The lowest BCUT2D eigenvalue weighted by Crippen LogP contribution is -2.36. The molecule has 0 unspecified atom stereocenters. The molecule has 0 atom stereocenters. The Morgan fingerprint density at radius 2 is 1.89 bits per heavy atom. The lowest BCUT2D eigenvalue weighted by atomic mass is 10.0. The second-order valence-electron chi connectivity index (χ2n) is 6.07. The van der Waals surface area contributed by atoms with Gasteiger partial charge in [-0.3, -0.25) is 0 Å². The van der Waals surface area contributed by atoms with Crippen molar-refractivity contribution in [2.24, 2.45) is 0 Å². The second kappa shape index (κ2) is 7.84. The summed E-state index contributed by atoms with van der Waals surface area (Å²) in [5.41, 5.74) is -0.321. The predicted octanol–water partition coefficient (Wildman–Crippen LogP) is 4.16. The van der Waals surface area contributed by atoms with Gasteiger partial charge < -0.3 is 15.0 Å². The van der Waals surface area contributed by atoms with Crippen LogP contribution in [0.2, 0.25) is 0 Å². The van der Waals surface area contributed by atoms with Gasteiger partial charge in [0.15, 0.2) is 0 Å². The van der Waals surface area contributed by atoms with Crippen molar-refractivity contribution in [1.82, 2.24) is 0 Å². The van der Waals surface area contributed by atoms with Crippen LogP contribution in [0.3, 0.4) is 0 Å². The van der Waals surface area contributed by atoms with Gasteiger partial charge >= 0.3 is 6.18 Å². The van der Waals surface area contributed by atoms with Crippen LogP contribution in [0, 0.1) is 17.1 Å². The van der Waals surface area contributed by atoms with Crippen molar-refractivity contribution in [2.45, 2.75) is 12.7 Å². The first-order valence-corrected chi connectivity index (χ1v) is 8.35. The third kappa shape index (κ3) is 4.31. The van der Waals surface area contributed by atoms with E-state index < -0.39 is 17.6 Å². The Morgan fingerprint density at radius 1 is 1.15 bits per heavy atom. The van der Waals surface area contributed by atoms with Crippen LogP contribution in [0.15, 0.2) is 36.4 Å². The Balaban J connectivity index is 1.87. The number of benzene rings is 2. The molecule has 142 valence electrons. The average Bonchev–Trinajstić information content (AvgIpc) is 2.66. The first kappa shape index (κ1) is 19.0. The van der Waals surface area contributed by atoms with Gasteiger partial charge in [0.1, 0.15) is 17.4 Å². The van der Waals surface area contributed by atoms with E-state index in [4.69, 9.17) is 10.00 Å². The van der Waals surface area contributed by atoms with Crippen LogP contribution >= 0.6 is 0 Å². The fourth-order valence-electron chi connectivity index (χ4n) is 2.98. The van der Waals surface area contributed by atoms with Gasteiger partial charge in [-0.05, 0) is 29.8 Å². The van der Waals surface area contributed by atoms with Crippen LogP contribution in [-0.2, 0) is 17.5 Å². The average molecular weight is 379 g/mol. The highest BCUT2D eigenvalue weighted by atomic mass is 19.4. The smallest absolute Gasteiger partial charge is 0.380 e. The number of anilines is 2. The van der Waals surface area contributed by atoms with Gasteiger partial charge in [0.2, 0.25) is 0 Å². The highest BCUT2D eigenvalue weighted by Crippen LogP contribution is 2.35. The Bertz CT molecular complexity index is 855. The van der Waals surface area contributed by atoms with E-state index in [0.29, 0.717) is 32.0 Å². The van der Waals surface area contributed by atoms with E-state index >= 15 is 0 Å². The number of rotatable bonds is 4. The highest BCUT2D eigenvalue weighted by molar-refractivity contribution is 5.59. The lowest BCUT2D eigenvalue weighted by Gasteiger charge is -2.29. The zero-order valence-electron chi connectivity index (χ0n) is 14.3. The third-order valence-electron chi connectivity index (χ3n) is 4.37. The summed E-state index contributed by atoms with van der Waals surface area (Å²) < 4.78 is 59.5. The van der Waals surface area contributed by atoms with Gasteiger partial charge in [-0.2, -0.15) is 18.4 Å². The van der Waals surface area contributed by atoms with Gasteiger partial charge in [0.25, 0.3) is 0 Å². The summed E-state index contributed by atoms with van der Waals surface area (Å²) in [5.74, 6) is -0.721. The summed E-state index contributed by atoms with van der Waals surface area (Å²) in [4.78, 5) is 1.84. The summed E-state index contributed by atoms with van der Waals surface area (Å²) in [6.07, 6.45) is -4.53. The molecular weight excluding hydrogens is 362 g/mol. The summed E-state index contributed by atoms with van der Waals surface area (Å²) in [6, 6.07) is 9.86. The molecule has 0 bridgehead atoms. The Morgan fingerprint density at radius 3 is 2.56 bits per heavy atom. The largest absolute Gasteiger partial charge is 0.416 e. The van der Waals surface area contributed by atoms with Gasteiger partial charge in [0.05, 0.1) is 24.5 Å². The van der Waals surface area contributed by atoms with Crippen LogP contribution in [0.1, 0.15) is 16.7 Å². The summed E-state index contributed by atoms with van der Waals surface area (Å²) >= 11 is 0. The summed E-state index contributed by atoms with van der Waals surface area (Å²) in [5, 5.41) is 11.8. The number of ether oxygens (including phenoxy) is 1. The number of nitrogens with zero attached hydrogens (tertiary/aromatic N) is 2. The van der Waals surface area contributed by atoms with Crippen molar-refractivity contribution < 1.29 is 22.3 Å². The van der Waals surface area contributed by atoms with Crippen LogP contribution in [0.25, 0.3) is 0 Å². The molecule has 0 aromatic heterocycles. The molecule has 1 aliphatic heterocycles. The quantitative estimate of drug-likeness (QED) is 0.811. The van der Waals surface area contributed by atoms with Gasteiger partial charge in [-0.1, -0.05) is 12.1 Å². The summed E-state index contributed by atoms with van der Waals surface area (Å²) in [7, 11) is 0. The SMILES string of the molecule is N#Cc1c(F)cccc1NCc1ccc(N2CCOCC2)cc1C(F)(F)F. The molecule has 3 rings (SSSR count). The number of halogens is 4. The van der Waals surface area contributed by atoms with Gasteiger partial charge in [-0.15, -0.1) is 0 Å². The molecule has 0 aliphatic carbocycles. The minimum atomic E-state index is -4.53. The normalized spacial score (nSPS) is 14.7. The van der Waals surface area contributed by atoms with E-state index in [1.165, 1.54) is 18.2 Å². The molecule has 1 N–H and O–H groups in total. The number of nitrogens with one attached hydrogen (secondary N) is 1. The Hall–Kier alpha value is -2.79. The maximum Gasteiger partial charge on any atom is 0.416 e. The van der Waals surface area contributed by atoms with Crippen molar-refractivity contribution in [3.63, 3.8) is 0 Å². The Kier molecular flexibility index (Phi) is 5.51. The highest BCUT2D eigenvalue weighted by Gasteiger charge is 2.34. The molecule has 0 saturated carbocycles. The molecule has 2 aromatic rings. The molecule has 0 amide bonds. The zero-order chi connectivity index (χ0) is 19.4. The van der Waals surface area contributed by atoms with E-state index in [9.17, 15) is 17.6 Å². The zero-order valence-corrected chi connectivity index (χ0v) is 14.3. The number of hydrogen-bond acceptors (Lipinski definition) is 4. The lowest BCUT2D eigenvalue weighted by molar-refractivity contribution is -0.138. The minimum absolute atomic E-state index is 0.0210. The molecule has 1 aliphatic rings. The molecule has 2 aromatic carbocycles. The van der Waals surface area contributed by atoms with E-state index in [1.807, 2.05) is 4.90 Å². The van der Waals surface area contributed by atoms with Crippen LogP contribution in [0.5, 0.6) is 0 Å². The molecule has 1 fully saturated rings. The maximum absolute atomic E-state index is 13.6. The van der Waals surface area contributed by atoms with E-state index in [-0.39, 0.29) is 23.4 Å². The number of alkyl halides is 3. The molecular formula is C19H17F4N3O. The first-order valence-electron chi connectivity index (χ1n) is 8.35. The molecule has 1 saturated heterocycles. The maximum atomic E-state index is 13.6. The van der Waals surface area contributed by atoms with E-state index in [1.54, 1.807) is 12.1 Å². The number of morpholine rings is 1. The summed E-state index contributed by atoms with van der Waals surface area (Å²) in [6.45, 7) is 1.83. The molecule has 8 heteroatoms. The Labute approximate surface area is 154 Å². The molecule has 0 spiro atoms. The molecule has 0 radical (unpaired) electrons. The van der Waals surface area contributed by atoms with Crippen LogP contribution in [-0.4, -0.2) is 26.3 Å². The van der Waals surface area contributed by atoms with Crippen LogP contribution < -0.4 is 10.2 Å². The van der Waals surface area contributed by atoms with E-state index in [0.717, 1.165) is 12.1 Å². The van der Waals surface area contributed by atoms with Crippen molar-refractivity contribution in [3.8, 4) is 6.07 Å². The second-order valence-corrected chi connectivity index (χ2v) is 6.07. The van der Waals surface area contributed by atoms with Crippen molar-refractivity contribution in [3.05, 3.63) is 58.9 Å². The fraction of sp³-hybridized carbons (Fsp3) is 0.316. The van der Waals surface area contributed by atoms with Crippen molar-refractivity contribution >= 4 is 11.4 Å². The van der Waals surface area contributed by atoms with E-state index in [2.05, 4.69) is 5.32 Å². The third-order valence-corrected chi connectivity index (χ3v) is 4.37. The molecule has 27 heavy (non-hydrogen) atoms. The van der Waals surface area contributed by atoms with Crippen molar-refractivity contribution in [2.75, 3.05) is 36.5 Å². The van der Waals surface area contributed by atoms with Gasteiger partial charge in [-0.25, -0.2) is 4.39 Å². The first-order chi connectivity index (χ1) is 12.9. The molecule has 4 nitrogen and oxygen atoms in total. The minimum Gasteiger partial charge on any atom is -0.380 e.